The van der Waals surface area contributed by atoms with E-state index >= 15 is 0 Å². The van der Waals surface area contributed by atoms with E-state index < -0.39 is 0 Å². The van der Waals surface area contributed by atoms with E-state index in [0.717, 1.165) is 49.3 Å². The highest BCUT2D eigenvalue weighted by atomic mass is 16.5. The van der Waals surface area contributed by atoms with Crippen LogP contribution in [0, 0.1) is 5.41 Å². The van der Waals surface area contributed by atoms with Gasteiger partial charge in [-0.25, -0.2) is 0 Å². The van der Waals surface area contributed by atoms with Gasteiger partial charge in [-0.05, 0) is 31.9 Å². The maximum absolute atomic E-state index is 5.81. The van der Waals surface area contributed by atoms with Crippen molar-refractivity contribution < 1.29 is 4.74 Å². The summed E-state index contributed by atoms with van der Waals surface area (Å²) in [4.78, 5) is 6.76. The lowest BCUT2D eigenvalue weighted by Crippen LogP contribution is -2.33. The van der Waals surface area contributed by atoms with Gasteiger partial charge >= 0.3 is 0 Å². The molecular formula is C18H23N5O. The van der Waals surface area contributed by atoms with Crippen LogP contribution in [0.5, 0.6) is 0 Å². The first-order chi connectivity index (χ1) is 11.7. The minimum atomic E-state index is 0.321. The number of hydrogen-bond donors (Lipinski definition) is 0. The number of aromatic nitrogens is 4. The first-order valence-corrected chi connectivity index (χ1v) is 8.49. The molecule has 1 aliphatic carbocycles. The Kier molecular flexibility index (Phi) is 3.84. The molecular weight excluding hydrogens is 302 g/mol. The van der Waals surface area contributed by atoms with E-state index in [-0.39, 0.29) is 0 Å². The molecule has 126 valence electrons. The van der Waals surface area contributed by atoms with E-state index in [4.69, 9.17) is 4.74 Å². The van der Waals surface area contributed by atoms with Gasteiger partial charge in [-0.1, -0.05) is 18.2 Å². The standard InChI is InChI=1S/C18H23N5O/c1-14(2)11-23-16(15-5-3-4-8-19-15)20-21-17(23)22-9-10-24-13-18(12-22)6-7-18/h3-5,8H,1,6-7,9-13H2,2H3. The molecule has 1 saturated carbocycles. The molecule has 0 radical (unpaired) electrons. The fraction of sp³-hybridized carbons (Fsp3) is 0.500. The van der Waals surface area contributed by atoms with Crippen molar-refractivity contribution in [1.29, 1.82) is 0 Å². The normalized spacial score (nSPS) is 19.3. The SMILES string of the molecule is C=C(C)Cn1c(-c2ccccn2)nnc1N1CCOCC2(CC2)C1. The van der Waals surface area contributed by atoms with Crippen molar-refractivity contribution in [3.63, 3.8) is 0 Å². The highest BCUT2D eigenvalue weighted by molar-refractivity contribution is 5.53. The van der Waals surface area contributed by atoms with Gasteiger partial charge in [0.05, 0.1) is 13.2 Å². The number of hydrogen-bond acceptors (Lipinski definition) is 5. The molecule has 0 amide bonds. The number of pyridine rings is 1. The molecule has 4 rings (SSSR count). The molecule has 24 heavy (non-hydrogen) atoms. The molecule has 0 aromatic carbocycles. The topological polar surface area (TPSA) is 56.1 Å². The monoisotopic (exact) mass is 325 g/mol. The molecule has 0 bridgehead atoms. The Morgan fingerprint density at radius 3 is 2.92 bits per heavy atom. The van der Waals surface area contributed by atoms with Gasteiger partial charge in [-0.3, -0.25) is 9.55 Å². The van der Waals surface area contributed by atoms with Crippen LogP contribution in [-0.4, -0.2) is 46.1 Å². The zero-order valence-corrected chi connectivity index (χ0v) is 14.1. The fourth-order valence-electron chi connectivity index (χ4n) is 3.27. The zero-order valence-electron chi connectivity index (χ0n) is 14.1. The summed E-state index contributed by atoms with van der Waals surface area (Å²) < 4.78 is 7.94. The average Bonchev–Trinajstić information content (AvgIpc) is 3.28. The van der Waals surface area contributed by atoms with Crippen LogP contribution in [0.2, 0.25) is 0 Å². The molecule has 6 heteroatoms. The largest absolute Gasteiger partial charge is 0.379 e. The van der Waals surface area contributed by atoms with Crippen LogP contribution in [0.4, 0.5) is 5.95 Å². The van der Waals surface area contributed by atoms with Crippen molar-refractivity contribution in [1.82, 2.24) is 19.7 Å². The Labute approximate surface area is 142 Å². The van der Waals surface area contributed by atoms with Crippen molar-refractivity contribution in [3.05, 3.63) is 36.5 Å². The third-order valence-electron chi connectivity index (χ3n) is 4.73. The van der Waals surface area contributed by atoms with Crippen molar-refractivity contribution in [2.24, 2.45) is 5.41 Å². The van der Waals surface area contributed by atoms with Crippen LogP contribution in [0.3, 0.4) is 0 Å². The molecule has 0 atom stereocenters. The molecule has 0 unspecified atom stereocenters. The summed E-state index contributed by atoms with van der Waals surface area (Å²) in [6, 6.07) is 5.85. The van der Waals surface area contributed by atoms with E-state index in [9.17, 15) is 0 Å². The lowest BCUT2D eigenvalue weighted by Gasteiger charge is -2.25. The Hall–Kier alpha value is -2.21. The summed E-state index contributed by atoms with van der Waals surface area (Å²) in [5.74, 6) is 1.69. The van der Waals surface area contributed by atoms with Gasteiger partial charge in [-0.2, -0.15) is 0 Å². The fourth-order valence-corrected chi connectivity index (χ4v) is 3.27. The van der Waals surface area contributed by atoms with Gasteiger partial charge in [0.2, 0.25) is 5.95 Å². The summed E-state index contributed by atoms with van der Waals surface area (Å²) >= 11 is 0. The third-order valence-corrected chi connectivity index (χ3v) is 4.73. The van der Waals surface area contributed by atoms with Gasteiger partial charge < -0.3 is 9.64 Å². The Balaban J connectivity index is 1.72. The van der Waals surface area contributed by atoms with Gasteiger partial charge in [0, 0.05) is 31.2 Å². The Bertz CT molecular complexity index is 735. The molecule has 2 fully saturated rings. The number of nitrogens with zero attached hydrogens (tertiary/aromatic N) is 5. The molecule has 3 heterocycles. The van der Waals surface area contributed by atoms with Gasteiger partial charge in [0.25, 0.3) is 0 Å². The highest BCUT2D eigenvalue weighted by Gasteiger charge is 2.46. The lowest BCUT2D eigenvalue weighted by atomic mass is 10.1. The number of rotatable bonds is 4. The van der Waals surface area contributed by atoms with Crippen molar-refractivity contribution >= 4 is 5.95 Å². The minimum Gasteiger partial charge on any atom is -0.379 e. The second kappa shape index (κ2) is 6.02. The van der Waals surface area contributed by atoms with E-state index in [2.05, 4.69) is 31.2 Å². The third kappa shape index (κ3) is 2.94. The van der Waals surface area contributed by atoms with Crippen LogP contribution in [-0.2, 0) is 11.3 Å². The predicted octanol–water partition coefficient (Wildman–Crippen LogP) is 2.53. The predicted molar refractivity (Wildman–Crippen MR) is 92.8 cm³/mol. The maximum atomic E-state index is 5.81. The van der Waals surface area contributed by atoms with Crippen LogP contribution >= 0.6 is 0 Å². The first kappa shape index (κ1) is 15.3. The Morgan fingerprint density at radius 1 is 1.33 bits per heavy atom. The van der Waals surface area contributed by atoms with Crippen LogP contribution in [0.15, 0.2) is 36.5 Å². The van der Waals surface area contributed by atoms with Crippen LogP contribution in [0.1, 0.15) is 19.8 Å². The smallest absolute Gasteiger partial charge is 0.227 e. The maximum Gasteiger partial charge on any atom is 0.227 e. The summed E-state index contributed by atoms with van der Waals surface area (Å²) in [7, 11) is 0. The molecule has 1 aliphatic heterocycles. The number of ether oxygens (including phenoxy) is 1. The second-order valence-electron chi connectivity index (χ2n) is 7.06. The van der Waals surface area contributed by atoms with Crippen molar-refractivity contribution in [3.8, 4) is 11.5 Å². The highest BCUT2D eigenvalue weighted by Crippen LogP contribution is 2.47. The minimum absolute atomic E-state index is 0.321. The van der Waals surface area contributed by atoms with E-state index in [1.165, 1.54) is 12.8 Å². The summed E-state index contributed by atoms with van der Waals surface area (Å²) in [6.07, 6.45) is 4.27. The number of allylic oxidation sites excluding steroid dienone is 1. The lowest BCUT2D eigenvalue weighted by molar-refractivity contribution is 0.116. The van der Waals surface area contributed by atoms with Gasteiger partial charge in [-0.15, -0.1) is 10.2 Å². The first-order valence-electron chi connectivity index (χ1n) is 8.49. The van der Waals surface area contributed by atoms with Crippen LogP contribution < -0.4 is 4.90 Å². The summed E-state index contributed by atoms with van der Waals surface area (Å²) in [5.41, 5.74) is 2.23. The number of anilines is 1. The van der Waals surface area contributed by atoms with E-state index in [0.29, 0.717) is 12.0 Å². The molecule has 2 aliphatic rings. The second-order valence-corrected chi connectivity index (χ2v) is 7.06. The molecule has 2 aromatic heterocycles. The quantitative estimate of drug-likeness (QED) is 0.809. The van der Waals surface area contributed by atoms with Crippen molar-refractivity contribution in [2.45, 2.75) is 26.3 Å². The van der Waals surface area contributed by atoms with Gasteiger partial charge in [0.1, 0.15) is 5.69 Å². The molecule has 1 saturated heterocycles. The Morgan fingerprint density at radius 2 is 2.21 bits per heavy atom. The summed E-state index contributed by atoms with van der Waals surface area (Å²) in [6.45, 7) is 10.2. The molecule has 1 spiro atoms. The molecule has 2 aromatic rings. The van der Waals surface area contributed by atoms with Crippen molar-refractivity contribution in [2.75, 3.05) is 31.2 Å². The van der Waals surface area contributed by atoms with Crippen LogP contribution in [0.25, 0.3) is 11.5 Å². The zero-order chi connectivity index (χ0) is 16.6. The molecule has 6 nitrogen and oxygen atoms in total. The van der Waals surface area contributed by atoms with E-state index in [1.807, 2.05) is 25.1 Å². The summed E-state index contributed by atoms with van der Waals surface area (Å²) in [5, 5.41) is 8.95. The average molecular weight is 325 g/mol. The molecule has 0 N–H and O–H groups in total. The van der Waals surface area contributed by atoms with Gasteiger partial charge in [0.15, 0.2) is 5.82 Å². The van der Waals surface area contributed by atoms with E-state index in [1.54, 1.807) is 6.20 Å².